The molecule has 0 bridgehead atoms. The van der Waals surface area contributed by atoms with E-state index in [1.165, 1.54) is 31.2 Å². The van der Waals surface area contributed by atoms with Gasteiger partial charge >= 0.3 is 12.2 Å². The maximum Gasteiger partial charge on any atom is 0.416 e. The summed E-state index contributed by atoms with van der Waals surface area (Å²) in [6.07, 6.45) is -1.26. The third-order valence-corrected chi connectivity index (χ3v) is 8.72. The molecule has 43 heavy (non-hydrogen) atoms. The van der Waals surface area contributed by atoms with Crippen molar-refractivity contribution in [3.8, 4) is 0 Å². The van der Waals surface area contributed by atoms with Crippen LogP contribution < -0.4 is 5.32 Å². The highest BCUT2D eigenvalue weighted by Gasteiger charge is 2.32. The molecule has 0 aromatic heterocycles. The molecule has 8 nitrogen and oxygen atoms in total. The lowest BCUT2D eigenvalue weighted by atomic mass is 9.89. The molecule has 2 fully saturated rings. The van der Waals surface area contributed by atoms with Crippen molar-refractivity contribution in [1.29, 1.82) is 0 Å². The maximum atomic E-state index is 13.3. The number of hydrogen-bond acceptors (Lipinski definition) is 5. The van der Waals surface area contributed by atoms with Crippen molar-refractivity contribution in [3.05, 3.63) is 69.2 Å². The van der Waals surface area contributed by atoms with Gasteiger partial charge in [-0.3, -0.25) is 4.79 Å². The van der Waals surface area contributed by atoms with E-state index < -0.39 is 17.6 Å². The number of hydrogen-bond donors (Lipinski definition) is 1. The first-order valence-corrected chi connectivity index (χ1v) is 15.0. The first kappa shape index (κ1) is 32.9. The number of oxime groups is 1. The molecule has 0 spiro atoms. The molecule has 2 aromatic carbocycles. The third-order valence-electron chi connectivity index (χ3n) is 7.98. The lowest BCUT2D eigenvalue weighted by Crippen LogP contribution is -2.54. The van der Waals surface area contributed by atoms with Crippen LogP contribution in [0.2, 0.25) is 10.0 Å². The molecule has 4 rings (SSSR count). The van der Waals surface area contributed by atoms with Gasteiger partial charge in [0.2, 0.25) is 0 Å². The molecule has 2 heterocycles. The van der Waals surface area contributed by atoms with Gasteiger partial charge in [0.25, 0.3) is 5.91 Å². The van der Waals surface area contributed by atoms with Gasteiger partial charge in [-0.05, 0) is 68.1 Å². The smallest absolute Gasteiger partial charge is 0.399 e. The minimum atomic E-state index is -4.56. The van der Waals surface area contributed by atoms with Crippen molar-refractivity contribution < 1.29 is 27.6 Å². The second-order valence-corrected chi connectivity index (χ2v) is 11.7. The number of alkyl halides is 3. The average molecular weight is 643 g/mol. The molecule has 2 aromatic rings. The molecular formula is C30H36Cl2F3N5O3. The summed E-state index contributed by atoms with van der Waals surface area (Å²) in [6.45, 7) is 3.87. The van der Waals surface area contributed by atoms with Gasteiger partial charge in [0.1, 0.15) is 7.11 Å². The molecule has 1 atom stereocenters. The predicted molar refractivity (Wildman–Crippen MR) is 161 cm³/mol. The average Bonchev–Trinajstić information content (AvgIpc) is 2.99. The fourth-order valence-corrected chi connectivity index (χ4v) is 6.01. The van der Waals surface area contributed by atoms with E-state index in [-0.39, 0.29) is 30.1 Å². The highest BCUT2D eigenvalue weighted by Crippen LogP contribution is 2.32. The topological polar surface area (TPSA) is 77.5 Å². The summed E-state index contributed by atoms with van der Waals surface area (Å²) in [7, 11) is 2.92. The molecule has 2 saturated heterocycles. The Morgan fingerprint density at radius 3 is 2.53 bits per heavy atom. The van der Waals surface area contributed by atoms with Gasteiger partial charge in [0, 0.05) is 50.7 Å². The standard InChI is InChI=1S/C30H36Cl2F3N5O3/c1-38(28(41)21-5-3-6-22(17-21)30(33,34)35)19-27(37-43-2)24(20-7-8-25(31)26(32)18-20)11-16-39-14-9-23(10-15-39)40-13-4-12-36-29(40)42/h3,5-8,17-18,23-24H,4,9-16,19H2,1-2H3,(H,36,42)/b37-27+. The molecule has 2 aliphatic rings. The van der Waals surface area contributed by atoms with E-state index in [1.807, 2.05) is 11.0 Å². The molecule has 1 unspecified atom stereocenters. The maximum absolute atomic E-state index is 13.3. The van der Waals surface area contributed by atoms with Crippen molar-refractivity contribution >= 4 is 40.9 Å². The van der Waals surface area contributed by atoms with E-state index in [4.69, 9.17) is 28.0 Å². The van der Waals surface area contributed by atoms with Crippen molar-refractivity contribution in [2.75, 3.05) is 53.4 Å². The fourth-order valence-electron chi connectivity index (χ4n) is 5.70. The second kappa shape index (κ2) is 14.6. The monoisotopic (exact) mass is 641 g/mol. The normalized spacial score (nSPS) is 17.9. The van der Waals surface area contributed by atoms with Gasteiger partial charge in [0.15, 0.2) is 0 Å². The molecule has 13 heteroatoms. The lowest BCUT2D eigenvalue weighted by molar-refractivity contribution is -0.137. The van der Waals surface area contributed by atoms with E-state index in [1.54, 1.807) is 12.1 Å². The van der Waals surface area contributed by atoms with E-state index in [9.17, 15) is 22.8 Å². The Labute approximate surface area is 259 Å². The predicted octanol–water partition coefficient (Wildman–Crippen LogP) is 6.14. The Balaban J connectivity index is 1.49. The van der Waals surface area contributed by atoms with Gasteiger partial charge in [0.05, 0.1) is 27.9 Å². The highest BCUT2D eigenvalue weighted by atomic mass is 35.5. The van der Waals surface area contributed by atoms with E-state index in [0.717, 1.165) is 63.1 Å². The Bertz CT molecular complexity index is 1320. The van der Waals surface area contributed by atoms with Gasteiger partial charge in [-0.2, -0.15) is 13.2 Å². The summed E-state index contributed by atoms with van der Waals surface area (Å²) >= 11 is 12.6. The number of likely N-dealkylation sites (tertiary alicyclic amines) is 1. The highest BCUT2D eigenvalue weighted by molar-refractivity contribution is 6.42. The van der Waals surface area contributed by atoms with Crippen LogP contribution in [0.1, 0.15) is 53.1 Å². The number of piperidine rings is 1. The quantitative estimate of drug-likeness (QED) is 0.250. The summed E-state index contributed by atoms with van der Waals surface area (Å²) in [5, 5.41) is 7.96. The molecular weight excluding hydrogens is 606 g/mol. The van der Waals surface area contributed by atoms with Crippen LogP contribution >= 0.6 is 23.2 Å². The molecule has 2 aliphatic heterocycles. The number of benzene rings is 2. The van der Waals surface area contributed by atoms with Crippen LogP contribution in [-0.4, -0.2) is 91.8 Å². The first-order chi connectivity index (χ1) is 20.5. The number of urea groups is 1. The third kappa shape index (κ3) is 8.55. The second-order valence-electron chi connectivity index (χ2n) is 10.9. The van der Waals surface area contributed by atoms with Crippen molar-refractivity contribution in [2.45, 2.75) is 43.8 Å². The fraction of sp³-hybridized carbons (Fsp3) is 0.500. The molecule has 1 N–H and O–H groups in total. The Morgan fingerprint density at radius 1 is 1.14 bits per heavy atom. The SMILES string of the molecule is CO/N=C(\CN(C)C(=O)c1cccc(C(F)(F)F)c1)C(CCN1CCC(N2CCCNC2=O)CC1)c1ccc(Cl)c(Cl)c1. The summed E-state index contributed by atoms with van der Waals surface area (Å²) in [6, 6.07) is 9.87. The molecule has 0 saturated carbocycles. The number of carbonyl (C=O) groups excluding carboxylic acids is 2. The Hall–Kier alpha value is -3.02. The number of amides is 3. The van der Waals surface area contributed by atoms with Crippen molar-refractivity contribution in [2.24, 2.45) is 5.16 Å². The zero-order chi connectivity index (χ0) is 31.1. The van der Waals surface area contributed by atoms with Crippen LogP contribution in [0.3, 0.4) is 0 Å². The Kier molecular flexibility index (Phi) is 11.2. The molecule has 0 aliphatic carbocycles. The lowest BCUT2D eigenvalue weighted by Gasteiger charge is -2.40. The first-order valence-electron chi connectivity index (χ1n) is 14.2. The van der Waals surface area contributed by atoms with Crippen LogP contribution in [0.4, 0.5) is 18.0 Å². The summed E-state index contributed by atoms with van der Waals surface area (Å²) in [4.78, 5) is 36.3. The zero-order valence-corrected chi connectivity index (χ0v) is 25.7. The molecule has 234 valence electrons. The molecule has 3 amide bonds. The number of nitrogens with zero attached hydrogens (tertiary/aromatic N) is 4. The minimum absolute atomic E-state index is 0.00796. The minimum Gasteiger partial charge on any atom is -0.399 e. The zero-order valence-electron chi connectivity index (χ0n) is 24.2. The summed E-state index contributed by atoms with van der Waals surface area (Å²) < 4.78 is 39.8. The van der Waals surface area contributed by atoms with Crippen LogP contribution in [0.15, 0.2) is 47.6 Å². The number of carbonyl (C=O) groups is 2. The summed E-state index contributed by atoms with van der Waals surface area (Å²) in [5.41, 5.74) is 0.370. The number of nitrogens with one attached hydrogen (secondary N) is 1. The van der Waals surface area contributed by atoms with E-state index in [2.05, 4.69) is 15.4 Å². The van der Waals surface area contributed by atoms with Crippen LogP contribution in [0.25, 0.3) is 0 Å². The van der Waals surface area contributed by atoms with Gasteiger partial charge < -0.3 is 24.9 Å². The Morgan fingerprint density at radius 2 is 1.88 bits per heavy atom. The largest absolute Gasteiger partial charge is 0.416 e. The van der Waals surface area contributed by atoms with Crippen molar-refractivity contribution in [3.63, 3.8) is 0 Å². The van der Waals surface area contributed by atoms with Gasteiger partial charge in [-0.25, -0.2) is 4.79 Å². The van der Waals surface area contributed by atoms with Gasteiger partial charge in [-0.15, -0.1) is 0 Å². The van der Waals surface area contributed by atoms with Crippen LogP contribution in [0, 0.1) is 0 Å². The van der Waals surface area contributed by atoms with E-state index in [0.29, 0.717) is 28.7 Å². The number of rotatable bonds is 10. The van der Waals surface area contributed by atoms with Crippen molar-refractivity contribution in [1.82, 2.24) is 20.0 Å². The van der Waals surface area contributed by atoms with Crippen LogP contribution in [-0.2, 0) is 11.0 Å². The van der Waals surface area contributed by atoms with Crippen LogP contribution in [0.5, 0.6) is 0 Å². The summed E-state index contributed by atoms with van der Waals surface area (Å²) in [5.74, 6) is -0.899. The number of halogens is 5. The van der Waals surface area contributed by atoms with Gasteiger partial charge in [-0.1, -0.05) is 40.5 Å². The van der Waals surface area contributed by atoms with E-state index >= 15 is 0 Å². The molecule has 0 radical (unpaired) electrons.